The summed E-state index contributed by atoms with van der Waals surface area (Å²) >= 11 is 0. The first-order chi connectivity index (χ1) is 27.6. The normalized spacial score (nSPS) is 15.3. The maximum Gasteiger partial charge on any atom is 0.178 e. The van der Waals surface area contributed by atoms with Crippen LogP contribution in [0.15, 0.2) is 188 Å². The summed E-state index contributed by atoms with van der Waals surface area (Å²) in [4.78, 5) is 14.3. The predicted octanol–water partition coefficient (Wildman–Crippen LogP) is 12.5. The Bertz CT molecular complexity index is 2940. The summed E-state index contributed by atoms with van der Waals surface area (Å²) in [5.74, 6) is 1.78. The van der Waals surface area contributed by atoms with Gasteiger partial charge in [0.05, 0.1) is 5.70 Å². The highest BCUT2D eigenvalue weighted by Gasteiger charge is 2.39. The van der Waals surface area contributed by atoms with Crippen molar-refractivity contribution >= 4 is 38.6 Å². The van der Waals surface area contributed by atoms with Gasteiger partial charge in [-0.1, -0.05) is 147 Å². The predicted molar refractivity (Wildman–Crippen MR) is 232 cm³/mol. The summed E-state index contributed by atoms with van der Waals surface area (Å²) in [6.45, 7) is 5.49. The second kappa shape index (κ2) is 12.5. The van der Waals surface area contributed by atoms with Gasteiger partial charge in [0.25, 0.3) is 0 Å². The van der Waals surface area contributed by atoms with Crippen molar-refractivity contribution < 1.29 is 0 Å². The first-order valence-electron chi connectivity index (χ1n) is 19.4. The van der Waals surface area contributed by atoms with E-state index in [1.165, 1.54) is 66.1 Å². The van der Waals surface area contributed by atoms with E-state index in [0.29, 0.717) is 5.82 Å². The van der Waals surface area contributed by atoms with Gasteiger partial charge in [0, 0.05) is 35.6 Å². The van der Waals surface area contributed by atoms with Crippen molar-refractivity contribution in [3.63, 3.8) is 0 Å². The van der Waals surface area contributed by atoms with Gasteiger partial charge >= 0.3 is 0 Å². The Hall–Kier alpha value is -7.04. The highest BCUT2D eigenvalue weighted by Crippen LogP contribution is 2.53. The molecule has 0 amide bonds. The van der Waals surface area contributed by atoms with Crippen LogP contribution in [0, 0.1) is 0 Å². The monoisotopic (exact) mass is 718 g/mol. The molecule has 266 valence electrons. The Morgan fingerprint density at radius 3 is 1.86 bits per heavy atom. The van der Waals surface area contributed by atoms with Gasteiger partial charge in [0.2, 0.25) is 0 Å². The minimum Gasteiger partial charge on any atom is -0.321 e. The molecule has 11 rings (SSSR count). The number of allylic oxidation sites excluding steroid dienone is 2. The third kappa shape index (κ3) is 4.79. The number of anilines is 1. The first kappa shape index (κ1) is 32.4. The van der Waals surface area contributed by atoms with E-state index >= 15 is 0 Å². The lowest BCUT2D eigenvalue weighted by Gasteiger charge is -2.28. The number of para-hydroxylation sites is 1. The number of nitrogens with zero attached hydrogens (tertiary/aromatic N) is 4. The molecule has 4 heteroatoms. The molecule has 0 radical (unpaired) electrons. The molecule has 3 heterocycles. The van der Waals surface area contributed by atoms with Gasteiger partial charge in [0.1, 0.15) is 11.5 Å². The molecule has 0 atom stereocenters. The molecular formula is C52H38N4. The summed E-state index contributed by atoms with van der Waals surface area (Å²) < 4.78 is 0. The average Bonchev–Trinajstić information content (AvgIpc) is 3.72. The van der Waals surface area contributed by atoms with Gasteiger partial charge in [0.15, 0.2) is 5.82 Å². The molecule has 0 fully saturated rings. The van der Waals surface area contributed by atoms with Crippen LogP contribution in [0.3, 0.4) is 0 Å². The molecule has 3 aliphatic rings. The van der Waals surface area contributed by atoms with Crippen molar-refractivity contribution in [1.82, 2.24) is 14.9 Å². The average molecular weight is 719 g/mol. The number of rotatable bonds is 5. The van der Waals surface area contributed by atoms with Gasteiger partial charge < -0.3 is 4.90 Å². The van der Waals surface area contributed by atoms with E-state index in [-0.39, 0.29) is 5.41 Å². The molecular weight excluding hydrogens is 681 g/mol. The second-order valence-electron chi connectivity index (χ2n) is 15.4. The third-order valence-corrected chi connectivity index (χ3v) is 11.9. The molecule has 1 aromatic heterocycles. The molecule has 8 aromatic rings. The zero-order valence-electron chi connectivity index (χ0n) is 31.3. The summed E-state index contributed by atoms with van der Waals surface area (Å²) in [6, 6.07) is 55.4. The zero-order valence-corrected chi connectivity index (χ0v) is 31.3. The second-order valence-corrected chi connectivity index (χ2v) is 15.4. The fourth-order valence-corrected chi connectivity index (χ4v) is 9.40. The summed E-state index contributed by atoms with van der Waals surface area (Å²) in [7, 11) is 0. The molecule has 56 heavy (non-hydrogen) atoms. The van der Waals surface area contributed by atoms with Crippen LogP contribution in [-0.4, -0.2) is 21.4 Å². The summed E-state index contributed by atoms with van der Waals surface area (Å²) in [6.07, 6.45) is 10.2. The van der Waals surface area contributed by atoms with Crippen molar-refractivity contribution in [3.8, 4) is 33.4 Å². The maximum atomic E-state index is 4.81. The van der Waals surface area contributed by atoms with Crippen LogP contribution in [0.2, 0.25) is 0 Å². The maximum absolute atomic E-state index is 4.81. The van der Waals surface area contributed by atoms with Gasteiger partial charge in [-0.05, 0) is 102 Å². The molecule has 0 bridgehead atoms. The van der Waals surface area contributed by atoms with E-state index in [9.17, 15) is 0 Å². The van der Waals surface area contributed by atoms with Gasteiger partial charge in [-0.2, -0.15) is 0 Å². The molecule has 0 unspecified atom stereocenters. The minimum absolute atomic E-state index is 0.110. The van der Waals surface area contributed by atoms with Crippen LogP contribution in [0.5, 0.6) is 0 Å². The van der Waals surface area contributed by atoms with Crippen LogP contribution >= 0.6 is 0 Å². The standard InChI is InChI=1S/C52H38N4/c1-52(2)44-23-12-11-20-38(44)41-32-42-43(33-45(41)52)47(34-16-5-3-6-17-34)39-21-9-10-22-40(39)48(42)35-25-27-36(28-26-35)49-50(51-53-29-15-30-54-51)56(37-18-7-4-8-19-37)46-24-13-14-31-55(46)49/h3-30,32-33H,31H2,1-2H3. The Morgan fingerprint density at radius 2 is 1.12 bits per heavy atom. The van der Waals surface area contributed by atoms with Crippen LogP contribution in [0.4, 0.5) is 5.69 Å². The minimum atomic E-state index is -0.110. The Labute approximate surface area is 327 Å². The van der Waals surface area contributed by atoms with Crippen LogP contribution in [-0.2, 0) is 5.41 Å². The third-order valence-electron chi connectivity index (χ3n) is 11.9. The van der Waals surface area contributed by atoms with Gasteiger partial charge in [-0.15, -0.1) is 0 Å². The van der Waals surface area contributed by atoms with Crippen molar-refractivity contribution in [1.29, 1.82) is 0 Å². The van der Waals surface area contributed by atoms with Crippen LogP contribution in [0.1, 0.15) is 36.4 Å². The molecule has 0 saturated carbocycles. The van der Waals surface area contributed by atoms with Crippen molar-refractivity contribution in [2.75, 3.05) is 11.4 Å². The summed E-state index contributed by atoms with van der Waals surface area (Å²) in [5.41, 5.74) is 14.5. The lowest BCUT2D eigenvalue weighted by atomic mass is 9.79. The highest BCUT2D eigenvalue weighted by atomic mass is 15.4. The quantitative estimate of drug-likeness (QED) is 0.166. The fourth-order valence-electron chi connectivity index (χ4n) is 9.40. The molecule has 0 spiro atoms. The van der Waals surface area contributed by atoms with Gasteiger partial charge in [-0.3, -0.25) is 4.90 Å². The molecule has 2 aliphatic heterocycles. The van der Waals surface area contributed by atoms with E-state index < -0.39 is 0 Å². The number of fused-ring (bicyclic) bond motifs is 6. The molecule has 4 nitrogen and oxygen atoms in total. The molecule has 0 N–H and O–H groups in total. The molecule has 1 aliphatic carbocycles. The van der Waals surface area contributed by atoms with E-state index in [2.05, 4.69) is 187 Å². The molecule has 7 aromatic carbocycles. The lowest BCUT2D eigenvalue weighted by molar-refractivity contribution is 0.546. The first-order valence-corrected chi connectivity index (χ1v) is 19.4. The van der Waals surface area contributed by atoms with Crippen LogP contribution < -0.4 is 4.90 Å². The highest BCUT2D eigenvalue weighted by molar-refractivity contribution is 6.22. The lowest BCUT2D eigenvalue weighted by Crippen LogP contribution is -2.26. The Kier molecular flexibility index (Phi) is 7.23. The van der Waals surface area contributed by atoms with Crippen molar-refractivity contribution in [2.24, 2.45) is 0 Å². The van der Waals surface area contributed by atoms with E-state index in [1.807, 2.05) is 18.5 Å². The van der Waals surface area contributed by atoms with E-state index in [4.69, 9.17) is 9.97 Å². The number of hydrogen-bond donors (Lipinski definition) is 0. The molecule has 0 saturated heterocycles. The van der Waals surface area contributed by atoms with Gasteiger partial charge in [-0.25, -0.2) is 9.97 Å². The smallest absolute Gasteiger partial charge is 0.178 e. The van der Waals surface area contributed by atoms with E-state index in [0.717, 1.165) is 35.0 Å². The van der Waals surface area contributed by atoms with Crippen LogP contribution in [0.25, 0.3) is 66.3 Å². The topological polar surface area (TPSA) is 32.3 Å². The Morgan fingerprint density at radius 1 is 0.518 bits per heavy atom. The fraction of sp³-hybridized carbons (Fsp3) is 0.0769. The number of hydrogen-bond acceptors (Lipinski definition) is 4. The van der Waals surface area contributed by atoms with Crippen molar-refractivity contribution in [2.45, 2.75) is 19.3 Å². The van der Waals surface area contributed by atoms with E-state index in [1.54, 1.807) is 0 Å². The zero-order chi connectivity index (χ0) is 37.4. The van der Waals surface area contributed by atoms with Crippen molar-refractivity contribution in [3.05, 3.63) is 211 Å². The SMILES string of the molecule is CC1(C)c2ccccc2-c2cc3c(-c4ccc(C5=C(c6ncccn6)N(c6ccccc6)C6=CC=CCN65)cc4)c4ccccc4c(-c4ccccc4)c3cc21. The number of aromatic nitrogens is 2. The Balaban J connectivity index is 1.16. The summed E-state index contributed by atoms with van der Waals surface area (Å²) in [5, 5.41) is 5.05. The number of benzene rings is 7. The largest absolute Gasteiger partial charge is 0.321 e.